The summed E-state index contributed by atoms with van der Waals surface area (Å²) in [6.45, 7) is 0. The number of carbonyl (C=O) groups excluding carboxylic acids is 2. The molecule has 5 heteroatoms. The van der Waals surface area contributed by atoms with E-state index >= 15 is 0 Å². The largest absolute Gasteiger partial charge is 0.465 e. The Bertz CT molecular complexity index is 1240. The Balaban J connectivity index is 1.11. The fraction of sp³-hybridized carbons (Fsp3) is 0.355. The van der Waals surface area contributed by atoms with E-state index in [0.717, 1.165) is 29.1 Å². The van der Waals surface area contributed by atoms with Crippen molar-refractivity contribution in [3.63, 3.8) is 0 Å². The zero-order chi connectivity index (χ0) is 24.7. The van der Waals surface area contributed by atoms with E-state index in [1.807, 2.05) is 12.1 Å². The van der Waals surface area contributed by atoms with Gasteiger partial charge in [0, 0.05) is 16.9 Å². The fourth-order valence-corrected chi connectivity index (χ4v) is 7.32. The van der Waals surface area contributed by atoms with E-state index in [1.165, 1.54) is 51.2 Å². The van der Waals surface area contributed by atoms with Crippen LogP contribution in [0.15, 0.2) is 72.8 Å². The molecule has 0 heterocycles. The van der Waals surface area contributed by atoms with Crippen LogP contribution < -0.4 is 10.6 Å². The smallest absolute Gasteiger partial charge is 0.339 e. The molecule has 0 unspecified atom stereocenters. The monoisotopic (exact) mass is 480 g/mol. The predicted molar refractivity (Wildman–Crippen MR) is 142 cm³/mol. The molecule has 184 valence electrons. The second-order valence-corrected chi connectivity index (χ2v) is 11.0. The van der Waals surface area contributed by atoms with E-state index in [1.54, 1.807) is 36.4 Å². The molecule has 0 spiro atoms. The van der Waals surface area contributed by atoms with Gasteiger partial charge in [-0.05, 0) is 116 Å². The van der Waals surface area contributed by atoms with Crippen LogP contribution in [0, 0.1) is 17.8 Å². The van der Waals surface area contributed by atoms with Gasteiger partial charge >= 0.3 is 5.97 Å². The van der Waals surface area contributed by atoms with Crippen LogP contribution in [-0.4, -0.2) is 19.0 Å². The maximum atomic E-state index is 12.8. The van der Waals surface area contributed by atoms with Crippen LogP contribution in [-0.2, 0) is 10.2 Å². The number of benzene rings is 3. The number of para-hydroxylation sites is 1. The summed E-state index contributed by atoms with van der Waals surface area (Å²) in [4.78, 5) is 24.7. The molecule has 4 saturated carbocycles. The predicted octanol–water partition coefficient (Wildman–Crippen LogP) is 6.94. The summed E-state index contributed by atoms with van der Waals surface area (Å²) >= 11 is 0. The molecule has 0 saturated heterocycles. The Morgan fingerprint density at radius 3 is 1.92 bits per heavy atom. The molecule has 0 atom stereocenters. The standard InChI is InChI=1S/C31H32N2O3/c1-36-30(35)27-4-2-3-5-28(27)33-29(34)23-6-10-25(11-7-23)32-26-12-8-24(9-13-26)31-17-20-14-21(18-31)16-22(15-20)19-31/h2-13,20-22,32H,14-19H2,1H3,(H,33,34). The number of rotatable bonds is 6. The zero-order valence-corrected chi connectivity index (χ0v) is 20.6. The number of carbonyl (C=O) groups is 2. The lowest BCUT2D eigenvalue weighted by Gasteiger charge is -2.57. The molecule has 4 aliphatic rings. The third-order valence-electron chi connectivity index (χ3n) is 8.55. The van der Waals surface area contributed by atoms with Crippen molar-refractivity contribution in [2.75, 3.05) is 17.7 Å². The summed E-state index contributed by atoms with van der Waals surface area (Å²) in [5.41, 5.74) is 5.16. The van der Waals surface area contributed by atoms with E-state index in [4.69, 9.17) is 4.74 Å². The Morgan fingerprint density at radius 1 is 0.778 bits per heavy atom. The van der Waals surface area contributed by atoms with Crippen molar-refractivity contribution in [3.05, 3.63) is 89.5 Å². The van der Waals surface area contributed by atoms with Crippen molar-refractivity contribution in [1.82, 2.24) is 0 Å². The molecule has 4 fully saturated rings. The number of amides is 1. The molecule has 36 heavy (non-hydrogen) atoms. The van der Waals surface area contributed by atoms with Crippen LogP contribution in [0.25, 0.3) is 0 Å². The maximum absolute atomic E-state index is 12.8. The van der Waals surface area contributed by atoms with Crippen molar-refractivity contribution < 1.29 is 14.3 Å². The van der Waals surface area contributed by atoms with Crippen LogP contribution in [0.2, 0.25) is 0 Å². The Labute approximate surface area is 212 Å². The zero-order valence-electron chi connectivity index (χ0n) is 20.6. The summed E-state index contributed by atoms with van der Waals surface area (Å²) in [6.07, 6.45) is 8.51. The molecule has 3 aromatic rings. The molecule has 3 aromatic carbocycles. The average molecular weight is 481 g/mol. The molecule has 4 aliphatic carbocycles. The van der Waals surface area contributed by atoms with Gasteiger partial charge in [-0.1, -0.05) is 24.3 Å². The first kappa shape index (κ1) is 22.8. The van der Waals surface area contributed by atoms with Gasteiger partial charge in [-0.25, -0.2) is 4.79 Å². The first-order chi connectivity index (χ1) is 17.5. The number of anilines is 3. The van der Waals surface area contributed by atoms with E-state index in [9.17, 15) is 9.59 Å². The van der Waals surface area contributed by atoms with Gasteiger partial charge in [0.05, 0.1) is 18.4 Å². The molecule has 4 bridgehead atoms. The minimum atomic E-state index is -0.486. The van der Waals surface area contributed by atoms with Gasteiger partial charge in [-0.15, -0.1) is 0 Å². The summed E-state index contributed by atoms with van der Waals surface area (Å²) < 4.78 is 4.81. The fourth-order valence-electron chi connectivity index (χ4n) is 7.32. The van der Waals surface area contributed by atoms with Gasteiger partial charge in [0.2, 0.25) is 0 Å². The van der Waals surface area contributed by atoms with Crippen LogP contribution in [0.1, 0.15) is 64.8 Å². The van der Waals surface area contributed by atoms with Crippen LogP contribution in [0.5, 0.6) is 0 Å². The van der Waals surface area contributed by atoms with Crippen molar-refractivity contribution in [2.45, 2.75) is 43.9 Å². The molecular weight excluding hydrogens is 448 g/mol. The summed E-state index contributed by atoms with van der Waals surface area (Å²) in [5.74, 6) is 2.06. The van der Waals surface area contributed by atoms with Gasteiger partial charge in [0.25, 0.3) is 5.91 Å². The average Bonchev–Trinajstić information content (AvgIpc) is 2.88. The Hall–Kier alpha value is -3.60. The highest BCUT2D eigenvalue weighted by Crippen LogP contribution is 2.60. The molecule has 1 amide bonds. The van der Waals surface area contributed by atoms with Gasteiger partial charge in [-0.3, -0.25) is 4.79 Å². The highest BCUT2D eigenvalue weighted by atomic mass is 16.5. The SMILES string of the molecule is COC(=O)c1ccccc1NC(=O)c1ccc(Nc2ccc(C34CC5CC(CC(C5)C3)C4)cc2)cc1. The van der Waals surface area contributed by atoms with Gasteiger partial charge in [0.15, 0.2) is 0 Å². The third kappa shape index (κ3) is 4.27. The van der Waals surface area contributed by atoms with Gasteiger partial charge < -0.3 is 15.4 Å². The topological polar surface area (TPSA) is 67.4 Å². The van der Waals surface area contributed by atoms with Crippen molar-refractivity contribution in [2.24, 2.45) is 17.8 Å². The summed E-state index contributed by atoms with van der Waals surface area (Å²) in [6, 6.07) is 23.2. The molecule has 0 radical (unpaired) electrons. The first-order valence-electron chi connectivity index (χ1n) is 13.0. The molecule has 0 aromatic heterocycles. The number of nitrogens with one attached hydrogen (secondary N) is 2. The number of ether oxygens (including phenoxy) is 1. The Kier molecular flexibility index (Phi) is 5.79. The summed E-state index contributed by atoms with van der Waals surface area (Å²) in [5, 5.41) is 6.27. The third-order valence-corrected chi connectivity index (χ3v) is 8.55. The van der Waals surface area contributed by atoms with Crippen molar-refractivity contribution in [3.8, 4) is 0 Å². The number of esters is 1. The van der Waals surface area contributed by atoms with E-state index in [2.05, 4.69) is 34.9 Å². The normalized spacial score (nSPS) is 25.9. The van der Waals surface area contributed by atoms with Crippen molar-refractivity contribution >= 4 is 28.9 Å². The minimum Gasteiger partial charge on any atom is -0.465 e. The lowest BCUT2D eigenvalue weighted by atomic mass is 9.48. The quantitative estimate of drug-likeness (QED) is 0.375. The van der Waals surface area contributed by atoms with Crippen LogP contribution >= 0.6 is 0 Å². The summed E-state index contributed by atoms with van der Waals surface area (Å²) in [7, 11) is 1.32. The molecular formula is C31H32N2O3. The highest BCUT2D eigenvalue weighted by molar-refractivity contribution is 6.08. The highest BCUT2D eigenvalue weighted by Gasteiger charge is 2.51. The number of hydrogen-bond acceptors (Lipinski definition) is 4. The van der Waals surface area contributed by atoms with E-state index in [-0.39, 0.29) is 5.91 Å². The van der Waals surface area contributed by atoms with E-state index in [0.29, 0.717) is 22.2 Å². The number of hydrogen-bond donors (Lipinski definition) is 2. The maximum Gasteiger partial charge on any atom is 0.339 e. The molecule has 2 N–H and O–H groups in total. The minimum absolute atomic E-state index is 0.280. The lowest BCUT2D eigenvalue weighted by molar-refractivity contribution is -0.00518. The van der Waals surface area contributed by atoms with Gasteiger partial charge in [-0.2, -0.15) is 0 Å². The lowest BCUT2D eigenvalue weighted by Crippen LogP contribution is -2.48. The van der Waals surface area contributed by atoms with Crippen LogP contribution in [0.3, 0.4) is 0 Å². The second kappa shape index (κ2) is 9.12. The number of methoxy groups -OCH3 is 1. The molecule has 5 nitrogen and oxygen atoms in total. The molecule has 0 aliphatic heterocycles. The first-order valence-corrected chi connectivity index (χ1v) is 13.0. The van der Waals surface area contributed by atoms with Crippen LogP contribution in [0.4, 0.5) is 17.1 Å². The molecule has 7 rings (SSSR count). The van der Waals surface area contributed by atoms with Crippen molar-refractivity contribution in [1.29, 1.82) is 0 Å². The van der Waals surface area contributed by atoms with E-state index < -0.39 is 5.97 Å². The Morgan fingerprint density at radius 2 is 1.33 bits per heavy atom. The second-order valence-electron chi connectivity index (χ2n) is 11.0. The van der Waals surface area contributed by atoms with Gasteiger partial charge in [0.1, 0.15) is 0 Å².